The minimum absolute atomic E-state index is 0.101. The highest BCUT2D eigenvalue weighted by molar-refractivity contribution is 5.57. The van der Waals surface area contributed by atoms with Gasteiger partial charge in [0, 0.05) is 19.1 Å². The highest BCUT2D eigenvalue weighted by Gasteiger charge is 2.22. The maximum atomic E-state index is 10.7. The lowest BCUT2D eigenvalue weighted by Crippen LogP contribution is -2.18. The Morgan fingerprint density at radius 3 is 2.89 bits per heavy atom. The standard InChI is InChI=1S/C14H18O4/c1-10(5-6-15)13-11(9-16-2)3-4-12-14(13)18-8-7-17-12/h3-4,6,10H,5,7-9H2,1-2H3. The van der Waals surface area contributed by atoms with E-state index in [9.17, 15) is 4.79 Å². The van der Waals surface area contributed by atoms with E-state index in [1.54, 1.807) is 7.11 Å². The fourth-order valence-electron chi connectivity index (χ4n) is 2.26. The summed E-state index contributed by atoms with van der Waals surface area (Å²) in [5.41, 5.74) is 2.08. The van der Waals surface area contributed by atoms with E-state index in [2.05, 4.69) is 0 Å². The molecule has 0 aromatic heterocycles. The summed E-state index contributed by atoms with van der Waals surface area (Å²) >= 11 is 0. The van der Waals surface area contributed by atoms with Gasteiger partial charge in [0.15, 0.2) is 11.5 Å². The Morgan fingerprint density at radius 1 is 1.39 bits per heavy atom. The van der Waals surface area contributed by atoms with Gasteiger partial charge in [-0.25, -0.2) is 0 Å². The number of hydrogen-bond donors (Lipinski definition) is 0. The third kappa shape index (κ3) is 2.48. The Hall–Kier alpha value is -1.55. The van der Waals surface area contributed by atoms with Crippen molar-refractivity contribution in [2.75, 3.05) is 20.3 Å². The van der Waals surface area contributed by atoms with Crippen LogP contribution in [0.1, 0.15) is 30.4 Å². The van der Waals surface area contributed by atoms with Crippen LogP contribution in [0.15, 0.2) is 12.1 Å². The summed E-state index contributed by atoms with van der Waals surface area (Å²) < 4.78 is 16.5. The molecule has 0 fully saturated rings. The number of benzene rings is 1. The summed E-state index contributed by atoms with van der Waals surface area (Å²) in [7, 11) is 1.66. The molecule has 0 saturated carbocycles. The first-order valence-electron chi connectivity index (χ1n) is 6.11. The Morgan fingerprint density at radius 2 is 2.17 bits per heavy atom. The third-order valence-electron chi connectivity index (χ3n) is 3.08. The van der Waals surface area contributed by atoms with Gasteiger partial charge in [-0.3, -0.25) is 0 Å². The number of fused-ring (bicyclic) bond motifs is 1. The van der Waals surface area contributed by atoms with E-state index in [-0.39, 0.29) is 5.92 Å². The quantitative estimate of drug-likeness (QED) is 0.752. The van der Waals surface area contributed by atoms with Crippen LogP contribution in [0.25, 0.3) is 0 Å². The van der Waals surface area contributed by atoms with E-state index in [4.69, 9.17) is 14.2 Å². The molecule has 0 saturated heterocycles. The van der Waals surface area contributed by atoms with Gasteiger partial charge in [-0.05, 0) is 17.5 Å². The molecule has 1 aromatic carbocycles. The molecule has 0 spiro atoms. The lowest BCUT2D eigenvalue weighted by Gasteiger charge is -2.25. The number of rotatable bonds is 5. The molecule has 1 unspecified atom stereocenters. The zero-order valence-corrected chi connectivity index (χ0v) is 10.8. The highest BCUT2D eigenvalue weighted by Crippen LogP contribution is 2.41. The van der Waals surface area contributed by atoms with Crippen LogP contribution in [0.3, 0.4) is 0 Å². The molecule has 1 aliphatic heterocycles. The SMILES string of the molecule is COCc1ccc2c(c1C(C)CC=O)OCCO2. The molecule has 0 N–H and O–H groups in total. The van der Waals surface area contributed by atoms with Crippen LogP contribution in [0.5, 0.6) is 11.5 Å². The maximum Gasteiger partial charge on any atom is 0.165 e. The van der Waals surface area contributed by atoms with Crippen LogP contribution in [0.2, 0.25) is 0 Å². The van der Waals surface area contributed by atoms with Crippen molar-refractivity contribution in [2.24, 2.45) is 0 Å². The molecule has 1 heterocycles. The molecule has 0 amide bonds. The molecule has 1 atom stereocenters. The molecule has 0 radical (unpaired) electrons. The average molecular weight is 250 g/mol. The zero-order chi connectivity index (χ0) is 13.0. The summed E-state index contributed by atoms with van der Waals surface area (Å²) in [5, 5.41) is 0. The van der Waals surface area contributed by atoms with Crippen LogP contribution < -0.4 is 9.47 Å². The third-order valence-corrected chi connectivity index (χ3v) is 3.08. The Bertz CT molecular complexity index is 428. The van der Waals surface area contributed by atoms with E-state index >= 15 is 0 Å². The second-order valence-corrected chi connectivity index (χ2v) is 4.40. The number of carbonyl (C=O) groups is 1. The number of methoxy groups -OCH3 is 1. The molecule has 18 heavy (non-hydrogen) atoms. The number of hydrogen-bond acceptors (Lipinski definition) is 4. The van der Waals surface area contributed by atoms with Crippen LogP contribution in [0, 0.1) is 0 Å². The number of aldehydes is 1. The van der Waals surface area contributed by atoms with Crippen molar-refractivity contribution < 1.29 is 19.0 Å². The van der Waals surface area contributed by atoms with E-state index in [1.165, 1.54) is 0 Å². The van der Waals surface area contributed by atoms with Crippen LogP contribution in [0.4, 0.5) is 0 Å². The highest BCUT2D eigenvalue weighted by atomic mass is 16.6. The molecule has 2 rings (SSSR count). The van der Waals surface area contributed by atoms with Gasteiger partial charge in [0.05, 0.1) is 6.61 Å². The summed E-state index contributed by atoms with van der Waals surface area (Å²) in [6, 6.07) is 3.88. The summed E-state index contributed by atoms with van der Waals surface area (Å²) in [4.78, 5) is 10.7. The molecule has 98 valence electrons. The first-order valence-corrected chi connectivity index (χ1v) is 6.11. The minimum Gasteiger partial charge on any atom is -0.486 e. The Kier molecular flexibility index (Phi) is 4.20. The van der Waals surface area contributed by atoms with Crippen LogP contribution in [-0.4, -0.2) is 26.6 Å². The summed E-state index contributed by atoms with van der Waals surface area (Å²) in [6.07, 6.45) is 1.40. The van der Waals surface area contributed by atoms with E-state index in [0.717, 1.165) is 28.9 Å². The van der Waals surface area contributed by atoms with Gasteiger partial charge in [0.25, 0.3) is 0 Å². The second kappa shape index (κ2) is 5.87. The van der Waals surface area contributed by atoms with Crippen LogP contribution >= 0.6 is 0 Å². The molecule has 0 aliphatic carbocycles. The van der Waals surface area contributed by atoms with Gasteiger partial charge in [-0.2, -0.15) is 0 Å². The molecule has 1 aliphatic rings. The van der Waals surface area contributed by atoms with Crippen LogP contribution in [-0.2, 0) is 16.1 Å². The predicted octanol–water partition coefficient (Wildman–Crippen LogP) is 2.30. The van der Waals surface area contributed by atoms with E-state index in [1.807, 2.05) is 19.1 Å². The zero-order valence-electron chi connectivity index (χ0n) is 10.8. The fraction of sp³-hybridized carbons (Fsp3) is 0.500. The molecule has 4 nitrogen and oxygen atoms in total. The first-order chi connectivity index (χ1) is 8.77. The topological polar surface area (TPSA) is 44.8 Å². The van der Waals surface area contributed by atoms with Gasteiger partial charge in [-0.1, -0.05) is 13.0 Å². The van der Waals surface area contributed by atoms with Crippen molar-refractivity contribution in [1.82, 2.24) is 0 Å². The summed E-state index contributed by atoms with van der Waals surface area (Å²) in [5.74, 6) is 1.63. The van der Waals surface area contributed by atoms with Crippen molar-refractivity contribution in [2.45, 2.75) is 25.9 Å². The van der Waals surface area contributed by atoms with Crippen molar-refractivity contribution >= 4 is 6.29 Å². The van der Waals surface area contributed by atoms with Crippen molar-refractivity contribution in [3.8, 4) is 11.5 Å². The van der Waals surface area contributed by atoms with Crippen molar-refractivity contribution in [3.63, 3.8) is 0 Å². The van der Waals surface area contributed by atoms with Gasteiger partial charge in [-0.15, -0.1) is 0 Å². The van der Waals surface area contributed by atoms with Crippen molar-refractivity contribution in [1.29, 1.82) is 0 Å². The molecule has 1 aromatic rings. The molecule has 0 bridgehead atoms. The molecule has 4 heteroatoms. The normalized spacial score (nSPS) is 15.2. The minimum atomic E-state index is 0.101. The maximum absolute atomic E-state index is 10.7. The molecular formula is C14H18O4. The number of carbonyl (C=O) groups excluding carboxylic acids is 1. The average Bonchev–Trinajstić information content (AvgIpc) is 2.39. The summed E-state index contributed by atoms with van der Waals surface area (Å²) in [6.45, 7) is 3.64. The van der Waals surface area contributed by atoms with Gasteiger partial charge < -0.3 is 19.0 Å². The van der Waals surface area contributed by atoms with E-state index < -0.39 is 0 Å². The van der Waals surface area contributed by atoms with Crippen molar-refractivity contribution in [3.05, 3.63) is 23.3 Å². The predicted molar refractivity (Wildman–Crippen MR) is 67.2 cm³/mol. The monoisotopic (exact) mass is 250 g/mol. The Balaban J connectivity index is 2.45. The van der Waals surface area contributed by atoms with E-state index in [0.29, 0.717) is 26.2 Å². The van der Waals surface area contributed by atoms with Gasteiger partial charge in [0.2, 0.25) is 0 Å². The Labute approximate surface area is 107 Å². The number of ether oxygens (including phenoxy) is 3. The lowest BCUT2D eigenvalue weighted by molar-refractivity contribution is -0.108. The van der Waals surface area contributed by atoms with Gasteiger partial charge in [0.1, 0.15) is 19.5 Å². The smallest absolute Gasteiger partial charge is 0.165 e. The largest absolute Gasteiger partial charge is 0.486 e. The first kappa shape index (κ1) is 12.9. The lowest BCUT2D eigenvalue weighted by atomic mass is 9.92. The molecular weight excluding hydrogens is 232 g/mol. The van der Waals surface area contributed by atoms with Gasteiger partial charge >= 0.3 is 0 Å². The fourth-order valence-corrected chi connectivity index (χ4v) is 2.26. The second-order valence-electron chi connectivity index (χ2n) is 4.40.